The van der Waals surface area contributed by atoms with E-state index in [0.717, 1.165) is 12.2 Å². The van der Waals surface area contributed by atoms with Crippen molar-refractivity contribution >= 4 is 15.7 Å². The van der Waals surface area contributed by atoms with Crippen molar-refractivity contribution in [3.8, 4) is 0 Å². The molecule has 1 aliphatic rings. The van der Waals surface area contributed by atoms with Crippen molar-refractivity contribution in [2.24, 2.45) is 11.3 Å². The molecule has 1 aromatic rings. The van der Waals surface area contributed by atoms with E-state index in [0.29, 0.717) is 16.2 Å². The van der Waals surface area contributed by atoms with Crippen LogP contribution in [-0.4, -0.2) is 33.4 Å². The minimum Gasteiger partial charge on any atom is -0.384 e. The fraction of sp³-hybridized carbons (Fsp3) is 0.600. The standard InChI is InChI=1S/C15H24N2O2S/c1-12(2)15(9-10-15)11-16-13-5-7-14(8-6-13)20(18,19)17(3)4/h5-8,12,16H,9-11H2,1-4H3. The van der Waals surface area contributed by atoms with E-state index in [9.17, 15) is 8.42 Å². The summed E-state index contributed by atoms with van der Waals surface area (Å²) >= 11 is 0. The molecule has 20 heavy (non-hydrogen) atoms. The van der Waals surface area contributed by atoms with Gasteiger partial charge in [0.25, 0.3) is 0 Å². The number of nitrogens with zero attached hydrogens (tertiary/aromatic N) is 1. The van der Waals surface area contributed by atoms with Crippen molar-refractivity contribution in [2.75, 3.05) is 26.0 Å². The minimum atomic E-state index is -3.33. The van der Waals surface area contributed by atoms with Crippen LogP contribution in [0.15, 0.2) is 29.2 Å². The number of hydrogen-bond acceptors (Lipinski definition) is 3. The molecule has 0 saturated heterocycles. The van der Waals surface area contributed by atoms with Gasteiger partial charge in [-0.2, -0.15) is 0 Å². The average molecular weight is 296 g/mol. The Morgan fingerprint density at radius 1 is 1.20 bits per heavy atom. The molecule has 5 heteroatoms. The fourth-order valence-corrected chi connectivity index (χ4v) is 3.25. The van der Waals surface area contributed by atoms with Gasteiger partial charge >= 0.3 is 0 Å². The van der Waals surface area contributed by atoms with Crippen LogP contribution in [-0.2, 0) is 10.0 Å². The van der Waals surface area contributed by atoms with Gasteiger partial charge in [0.15, 0.2) is 0 Å². The lowest BCUT2D eigenvalue weighted by Crippen LogP contribution is -2.22. The second-order valence-electron chi connectivity index (χ2n) is 6.18. The van der Waals surface area contributed by atoms with Gasteiger partial charge in [0.2, 0.25) is 10.0 Å². The number of benzene rings is 1. The normalized spacial score (nSPS) is 17.5. The number of rotatable bonds is 6. The van der Waals surface area contributed by atoms with E-state index >= 15 is 0 Å². The van der Waals surface area contributed by atoms with Crippen molar-refractivity contribution in [1.82, 2.24) is 4.31 Å². The molecule has 1 fully saturated rings. The first-order valence-electron chi connectivity index (χ1n) is 7.04. The molecule has 0 aromatic heterocycles. The molecule has 0 radical (unpaired) electrons. The van der Waals surface area contributed by atoms with Crippen LogP contribution in [0.25, 0.3) is 0 Å². The highest BCUT2D eigenvalue weighted by atomic mass is 32.2. The van der Waals surface area contributed by atoms with Gasteiger partial charge in [-0.25, -0.2) is 12.7 Å². The maximum Gasteiger partial charge on any atom is 0.242 e. The Kier molecular flexibility index (Phi) is 4.12. The highest BCUT2D eigenvalue weighted by Gasteiger charge is 2.44. The SMILES string of the molecule is CC(C)C1(CNc2ccc(S(=O)(=O)N(C)C)cc2)CC1. The molecule has 4 nitrogen and oxygen atoms in total. The topological polar surface area (TPSA) is 49.4 Å². The maximum atomic E-state index is 12.0. The Bertz CT molecular complexity index is 558. The van der Waals surface area contributed by atoms with Crippen LogP contribution in [0.3, 0.4) is 0 Å². The first kappa shape index (κ1) is 15.3. The molecule has 1 aliphatic carbocycles. The lowest BCUT2D eigenvalue weighted by atomic mass is 9.92. The summed E-state index contributed by atoms with van der Waals surface area (Å²) in [6, 6.07) is 7.00. The minimum absolute atomic E-state index is 0.332. The van der Waals surface area contributed by atoms with Gasteiger partial charge in [-0.05, 0) is 48.4 Å². The molecule has 112 valence electrons. The molecule has 1 saturated carbocycles. The van der Waals surface area contributed by atoms with E-state index in [-0.39, 0.29) is 0 Å². The van der Waals surface area contributed by atoms with E-state index in [2.05, 4.69) is 19.2 Å². The first-order chi connectivity index (χ1) is 9.28. The quantitative estimate of drug-likeness (QED) is 0.878. The van der Waals surface area contributed by atoms with Crippen molar-refractivity contribution in [3.63, 3.8) is 0 Å². The smallest absolute Gasteiger partial charge is 0.242 e. The lowest BCUT2D eigenvalue weighted by molar-refractivity contribution is 0.380. The first-order valence-corrected chi connectivity index (χ1v) is 8.48. The van der Waals surface area contributed by atoms with E-state index in [1.807, 2.05) is 12.1 Å². The highest BCUT2D eigenvalue weighted by Crippen LogP contribution is 2.51. The number of anilines is 1. The summed E-state index contributed by atoms with van der Waals surface area (Å²) in [4.78, 5) is 0.332. The third-order valence-electron chi connectivity index (χ3n) is 4.39. The molecule has 0 amide bonds. The summed E-state index contributed by atoms with van der Waals surface area (Å²) in [7, 11) is -0.247. The Balaban J connectivity index is 2.03. The van der Waals surface area contributed by atoms with Gasteiger partial charge in [0.1, 0.15) is 0 Å². The Morgan fingerprint density at radius 3 is 2.15 bits per heavy atom. The third-order valence-corrected chi connectivity index (χ3v) is 6.22. The van der Waals surface area contributed by atoms with Gasteiger partial charge in [-0.15, -0.1) is 0 Å². The zero-order valence-corrected chi connectivity index (χ0v) is 13.5. The van der Waals surface area contributed by atoms with E-state index < -0.39 is 10.0 Å². The second kappa shape index (κ2) is 5.37. The summed E-state index contributed by atoms with van der Waals surface area (Å²) < 4.78 is 25.2. The predicted molar refractivity (Wildman–Crippen MR) is 82.3 cm³/mol. The molecule has 1 N–H and O–H groups in total. The zero-order valence-electron chi connectivity index (χ0n) is 12.7. The summed E-state index contributed by atoms with van der Waals surface area (Å²) in [6.07, 6.45) is 2.56. The van der Waals surface area contributed by atoms with Crippen molar-refractivity contribution in [1.29, 1.82) is 0 Å². The van der Waals surface area contributed by atoms with Crippen LogP contribution in [0, 0.1) is 11.3 Å². The van der Waals surface area contributed by atoms with Crippen LogP contribution in [0.1, 0.15) is 26.7 Å². The van der Waals surface area contributed by atoms with E-state index in [4.69, 9.17) is 0 Å². The van der Waals surface area contributed by atoms with Gasteiger partial charge in [-0.1, -0.05) is 13.8 Å². The number of sulfonamides is 1. The Labute approximate surface area is 122 Å². The van der Waals surface area contributed by atoms with Crippen molar-refractivity contribution in [3.05, 3.63) is 24.3 Å². The Morgan fingerprint density at radius 2 is 1.75 bits per heavy atom. The number of nitrogens with one attached hydrogen (secondary N) is 1. The van der Waals surface area contributed by atoms with Gasteiger partial charge in [-0.3, -0.25) is 0 Å². The maximum absolute atomic E-state index is 12.0. The van der Waals surface area contributed by atoms with Crippen LogP contribution in [0.5, 0.6) is 0 Å². The molecule has 0 atom stereocenters. The molecule has 1 aromatic carbocycles. The second-order valence-corrected chi connectivity index (χ2v) is 8.33. The predicted octanol–water partition coefficient (Wildman–Crippen LogP) is 2.79. The van der Waals surface area contributed by atoms with Crippen LogP contribution in [0.2, 0.25) is 0 Å². The largest absolute Gasteiger partial charge is 0.384 e. The fourth-order valence-electron chi connectivity index (χ4n) is 2.35. The average Bonchev–Trinajstić information content (AvgIpc) is 3.18. The van der Waals surface area contributed by atoms with Crippen molar-refractivity contribution < 1.29 is 8.42 Å². The monoisotopic (exact) mass is 296 g/mol. The lowest BCUT2D eigenvalue weighted by Gasteiger charge is -2.21. The van der Waals surface area contributed by atoms with E-state index in [1.54, 1.807) is 26.2 Å². The van der Waals surface area contributed by atoms with Crippen LogP contribution >= 0.6 is 0 Å². The van der Waals surface area contributed by atoms with Crippen LogP contribution in [0.4, 0.5) is 5.69 Å². The summed E-state index contributed by atoms with van der Waals surface area (Å²) in [5.74, 6) is 0.684. The Hall–Kier alpha value is -1.07. The highest BCUT2D eigenvalue weighted by molar-refractivity contribution is 7.89. The molecule has 0 aliphatic heterocycles. The molecular weight excluding hydrogens is 272 g/mol. The zero-order chi connectivity index (χ0) is 15.0. The van der Waals surface area contributed by atoms with E-state index in [1.165, 1.54) is 17.1 Å². The third kappa shape index (κ3) is 2.99. The van der Waals surface area contributed by atoms with Gasteiger partial charge in [0, 0.05) is 26.3 Å². The van der Waals surface area contributed by atoms with Gasteiger partial charge in [0.05, 0.1) is 4.90 Å². The molecule has 2 rings (SSSR count). The molecular formula is C15H24N2O2S. The summed E-state index contributed by atoms with van der Waals surface area (Å²) in [5, 5.41) is 3.43. The molecule has 0 bridgehead atoms. The molecule has 0 spiro atoms. The van der Waals surface area contributed by atoms with Crippen molar-refractivity contribution in [2.45, 2.75) is 31.6 Å². The molecule has 0 unspecified atom stereocenters. The summed E-state index contributed by atoms with van der Waals surface area (Å²) in [6.45, 7) is 5.49. The van der Waals surface area contributed by atoms with Crippen LogP contribution < -0.4 is 5.32 Å². The van der Waals surface area contributed by atoms with Gasteiger partial charge < -0.3 is 5.32 Å². The number of hydrogen-bond donors (Lipinski definition) is 1. The summed E-state index contributed by atoms with van der Waals surface area (Å²) in [5.41, 5.74) is 1.42. The molecule has 0 heterocycles.